The van der Waals surface area contributed by atoms with E-state index in [2.05, 4.69) is 26.5 Å². The second kappa shape index (κ2) is 8.57. The van der Waals surface area contributed by atoms with Crippen molar-refractivity contribution in [1.82, 2.24) is 0 Å². The molecule has 2 nitrogen and oxygen atoms in total. The van der Waals surface area contributed by atoms with Crippen LogP contribution in [0.3, 0.4) is 0 Å². The molecule has 110 valence electrons. The Hall–Kier alpha value is -1.57. The van der Waals surface area contributed by atoms with E-state index in [0.29, 0.717) is 11.3 Å². The van der Waals surface area contributed by atoms with Gasteiger partial charge < -0.3 is 4.74 Å². The number of esters is 1. The van der Waals surface area contributed by atoms with Gasteiger partial charge in [-0.05, 0) is 49.8 Å². The summed E-state index contributed by atoms with van der Waals surface area (Å²) in [6, 6.07) is 6.02. The van der Waals surface area contributed by atoms with E-state index in [0.717, 1.165) is 32.1 Å². The number of carbonyl (C=O) groups excluding carboxylic acids is 1. The number of ether oxygens (including phenoxy) is 1. The topological polar surface area (TPSA) is 26.3 Å². The van der Waals surface area contributed by atoms with Gasteiger partial charge in [-0.15, -0.1) is 0 Å². The molecule has 0 atom stereocenters. The molecule has 0 fully saturated rings. The van der Waals surface area contributed by atoms with Crippen LogP contribution in [0, 0.1) is 0 Å². The lowest BCUT2D eigenvalue weighted by Crippen LogP contribution is -2.11. The number of hydrogen-bond acceptors (Lipinski definition) is 2. The summed E-state index contributed by atoms with van der Waals surface area (Å²) in [5, 5.41) is 0. The van der Waals surface area contributed by atoms with Gasteiger partial charge in [-0.25, -0.2) is 4.79 Å². The molecule has 0 aliphatic rings. The van der Waals surface area contributed by atoms with E-state index in [1.807, 2.05) is 12.1 Å². The highest BCUT2D eigenvalue weighted by molar-refractivity contribution is 5.89. The van der Waals surface area contributed by atoms with Crippen molar-refractivity contribution in [2.75, 3.05) is 0 Å². The third-order valence-electron chi connectivity index (χ3n) is 3.36. The largest absolute Gasteiger partial charge is 0.423 e. The van der Waals surface area contributed by atoms with Crippen molar-refractivity contribution in [2.24, 2.45) is 0 Å². The molecular formula is C18H26O2. The highest BCUT2D eigenvalue weighted by Crippen LogP contribution is 2.26. The second-order valence-corrected chi connectivity index (χ2v) is 5.27. The lowest BCUT2D eigenvalue weighted by Gasteiger charge is -2.14. The van der Waals surface area contributed by atoms with Crippen molar-refractivity contribution in [1.29, 1.82) is 0 Å². The van der Waals surface area contributed by atoms with Crippen LogP contribution in [0.15, 0.2) is 30.4 Å². The van der Waals surface area contributed by atoms with E-state index >= 15 is 0 Å². The first-order valence-electron chi connectivity index (χ1n) is 7.58. The van der Waals surface area contributed by atoms with Crippen molar-refractivity contribution in [3.8, 4) is 5.75 Å². The van der Waals surface area contributed by atoms with Crippen molar-refractivity contribution >= 4 is 5.97 Å². The predicted molar refractivity (Wildman–Crippen MR) is 84.1 cm³/mol. The molecule has 0 unspecified atom stereocenters. The molecule has 2 heteroatoms. The van der Waals surface area contributed by atoms with Crippen LogP contribution in [0.5, 0.6) is 5.75 Å². The molecule has 0 heterocycles. The molecule has 0 saturated heterocycles. The molecule has 0 amide bonds. The minimum absolute atomic E-state index is 0.338. The molecule has 0 bridgehead atoms. The molecule has 0 spiro atoms. The van der Waals surface area contributed by atoms with Crippen molar-refractivity contribution in [2.45, 2.75) is 59.3 Å². The fraction of sp³-hybridized carbons (Fsp3) is 0.500. The maximum absolute atomic E-state index is 11.7. The number of unbranched alkanes of at least 4 members (excludes halogenated alkanes) is 2. The van der Waals surface area contributed by atoms with Crippen LogP contribution in [0.2, 0.25) is 0 Å². The van der Waals surface area contributed by atoms with Crippen molar-refractivity contribution in [3.63, 3.8) is 0 Å². The van der Waals surface area contributed by atoms with Gasteiger partial charge in [0, 0.05) is 5.57 Å². The number of carbonyl (C=O) groups is 1. The Bertz CT molecular complexity index is 460. The molecule has 1 rings (SSSR count). The second-order valence-electron chi connectivity index (χ2n) is 5.27. The Balaban J connectivity index is 3.00. The Kier molecular flexibility index (Phi) is 7.06. The normalized spacial score (nSPS) is 10.3. The highest BCUT2D eigenvalue weighted by atomic mass is 16.5. The van der Waals surface area contributed by atoms with E-state index in [4.69, 9.17) is 4.74 Å². The molecule has 1 aromatic rings. The predicted octanol–water partition coefficient (Wildman–Crippen LogP) is 4.85. The summed E-state index contributed by atoms with van der Waals surface area (Å²) in [7, 11) is 0. The molecule has 0 aromatic heterocycles. The average molecular weight is 274 g/mol. The average Bonchev–Trinajstić information content (AvgIpc) is 2.43. The molecule has 1 aromatic carbocycles. The zero-order chi connectivity index (χ0) is 15.0. The Morgan fingerprint density at radius 3 is 2.40 bits per heavy atom. The van der Waals surface area contributed by atoms with E-state index in [9.17, 15) is 4.79 Å². The van der Waals surface area contributed by atoms with Crippen LogP contribution in [0.4, 0.5) is 0 Å². The van der Waals surface area contributed by atoms with Gasteiger partial charge in [0.2, 0.25) is 0 Å². The smallest absolute Gasteiger partial charge is 0.338 e. The number of aryl methyl sites for hydroxylation is 1. The minimum atomic E-state index is -0.338. The molecule has 0 saturated carbocycles. The Labute approximate surface area is 122 Å². The van der Waals surface area contributed by atoms with E-state index in [1.165, 1.54) is 17.5 Å². The molecular weight excluding hydrogens is 248 g/mol. The maximum Gasteiger partial charge on any atom is 0.338 e. The SMILES string of the molecule is C=C(C)C(=O)Oc1cccc(CCCC)c1CCCC. The van der Waals surface area contributed by atoms with E-state index in [-0.39, 0.29) is 5.97 Å². The third kappa shape index (κ3) is 4.84. The fourth-order valence-electron chi connectivity index (χ4n) is 2.13. The van der Waals surface area contributed by atoms with Gasteiger partial charge in [-0.3, -0.25) is 0 Å². The molecule has 20 heavy (non-hydrogen) atoms. The first-order chi connectivity index (χ1) is 9.60. The van der Waals surface area contributed by atoms with Gasteiger partial charge in [0.1, 0.15) is 5.75 Å². The monoisotopic (exact) mass is 274 g/mol. The van der Waals surface area contributed by atoms with Gasteiger partial charge in [0.05, 0.1) is 0 Å². The van der Waals surface area contributed by atoms with Gasteiger partial charge in [-0.2, -0.15) is 0 Å². The lowest BCUT2D eigenvalue weighted by molar-refractivity contribution is -0.130. The lowest BCUT2D eigenvalue weighted by atomic mass is 9.97. The van der Waals surface area contributed by atoms with Crippen molar-refractivity contribution < 1.29 is 9.53 Å². The molecule has 0 aliphatic heterocycles. The van der Waals surface area contributed by atoms with Crippen molar-refractivity contribution in [3.05, 3.63) is 41.5 Å². The van der Waals surface area contributed by atoms with Gasteiger partial charge >= 0.3 is 5.97 Å². The summed E-state index contributed by atoms with van der Waals surface area (Å²) in [5.74, 6) is 0.371. The van der Waals surface area contributed by atoms with Crippen LogP contribution in [0.1, 0.15) is 57.6 Å². The number of hydrogen-bond donors (Lipinski definition) is 0. The van der Waals surface area contributed by atoms with Crippen LogP contribution in [0.25, 0.3) is 0 Å². The number of benzene rings is 1. The van der Waals surface area contributed by atoms with Crippen LogP contribution in [-0.2, 0) is 17.6 Å². The summed E-state index contributed by atoms with van der Waals surface area (Å²) in [5.41, 5.74) is 2.94. The highest BCUT2D eigenvalue weighted by Gasteiger charge is 2.13. The minimum Gasteiger partial charge on any atom is -0.423 e. The summed E-state index contributed by atoms with van der Waals surface area (Å²) >= 11 is 0. The van der Waals surface area contributed by atoms with E-state index < -0.39 is 0 Å². The van der Waals surface area contributed by atoms with Gasteiger partial charge in [0.25, 0.3) is 0 Å². The zero-order valence-electron chi connectivity index (χ0n) is 13.0. The maximum atomic E-state index is 11.7. The molecule has 0 aliphatic carbocycles. The Morgan fingerprint density at radius 2 is 1.80 bits per heavy atom. The fourth-order valence-corrected chi connectivity index (χ4v) is 2.13. The zero-order valence-corrected chi connectivity index (χ0v) is 13.0. The first kappa shape index (κ1) is 16.5. The van der Waals surface area contributed by atoms with E-state index in [1.54, 1.807) is 6.92 Å². The summed E-state index contributed by atoms with van der Waals surface area (Å²) in [6.07, 6.45) is 6.60. The summed E-state index contributed by atoms with van der Waals surface area (Å²) < 4.78 is 5.49. The standard InChI is InChI=1S/C18H26O2/c1-5-7-10-15-11-9-13-17(16(15)12-8-6-2)20-18(19)14(3)4/h9,11,13H,3,5-8,10,12H2,1-2,4H3. The quantitative estimate of drug-likeness (QED) is 0.384. The van der Waals surface area contributed by atoms with Gasteiger partial charge in [-0.1, -0.05) is 45.4 Å². The van der Waals surface area contributed by atoms with Crippen LogP contribution < -0.4 is 4.74 Å². The molecule has 0 radical (unpaired) electrons. The molecule has 0 N–H and O–H groups in total. The summed E-state index contributed by atoms with van der Waals surface area (Å²) in [6.45, 7) is 9.68. The summed E-state index contributed by atoms with van der Waals surface area (Å²) in [4.78, 5) is 11.7. The Morgan fingerprint density at radius 1 is 1.15 bits per heavy atom. The number of rotatable bonds is 8. The van der Waals surface area contributed by atoms with Crippen LogP contribution in [-0.4, -0.2) is 5.97 Å². The third-order valence-corrected chi connectivity index (χ3v) is 3.36. The van der Waals surface area contributed by atoms with Crippen LogP contribution >= 0.6 is 0 Å². The first-order valence-corrected chi connectivity index (χ1v) is 7.58. The van der Waals surface area contributed by atoms with Gasteiger partial charge in [0.15, 0.2) is 0 Å².